The van der Waals surface area contributed by atoms with E-state index < -0.39 is 0 Å². The van der Waals surface area contributed by atoms with E-state index in [1.54, 1.807) is 0 Å². The van der Waals surface area contributed by atoms with Crippen LogP contribution in [0.25, 0.3) is 73.4 Å². The number of thiophene rings is 2. The molecule has 0 N–H and O–H groups in total. The summed E-state index contributed by atoms with van der Waals surface area (Å²) >= 11 is 3.75. The van der Waals surface area contributed by atoms with Gasteiger partial charge in [-0.2, -0.15) is 0 Å². The Kier molecular flexibility index (Phi) is 10.7. The van der Waals surface area contributed by atoms with Gasteiger partial charge in [0.25, 0.3) is 0 Å². The second-order valence-electron chi connectivity index (χ2n) is 20.6. The molecule has 0 radical (unpaired) electrons. The van der Waals surface area contributed by atoms with Gasteiger partial charge in [-0.15, -0.1) is 22.7 Å². The molecule has 0 amide bonds. The van der Waals surface area contributed by atoms with Gasteiger partial charge in [0.2, 0.25) is 0 Å². The predicted molar refractivity (Wildman–Crippen MR) is 307 cm³/mol. The van der Waals surface area contributed by atoms with E-state index in [0.717, 1.165) is 45.3 Å². The number of hydrogen-bond donors (Lipinski definition) is 0. The fourth-order valence-corrected chi connectivity index (χ4v) is 12.5. The molecule has 2 aromatic heterocycles. The van der Waals surface area contributed by atoms with Gasteiger partial charge >= 0.3 is 0 Å². The smallest absolute Gasteiger partial charge is 0.0640 e. The lowest BCUT2D eigenvalue weighted by atomic mass is 9.80. The maximum atomic E-state index is 2.54. The van der Waals surface area contributed by atoms with E-state index in [2.05, 4.69) is 270 Å². The minimum atomic E-state index is -0.0816. The minimum Gasteiger partial charge on any atom is -0.310 e. The summed E-state index contributed by atoms with van der Waals surface area (Å²) in [7, 11) is 0. The first-order valence-electron chi connectivity index (χ1n) is 24.3. The van der Waals surface area contributed by atoms with Gasteiger partial charge in [-0.25, -0.2) is 0 Å². The molecule has 12 rings (SSSR count). The molecule has 340 valence electrons. The standard InChI is InChI=1S/C66H54N2S2/c1-65(2,3)48-40-49(66(4,5)6)42-52(41-48)67(50-25-11-8-12-26-50)57-30-19-31-58(63(57)47-34-35-61-55(38-47)56-37-45-22-13-14-23-46(45)39-62(56)69-61)68(51-27-17-24-44(36-51)43-20-9-7-10-21-43)59-32-18-29-54-53-28-15-16-33-60(53)70-64(54)59/h7-42H,1-6H3. The van der Waals surface area contributed by atoms with Crippen molar-refractivity contribution in [2.45, 2.75) is 52.4 Å². The molecule has 0 fully saturated rings. The van der Waals surface area contributed by atoms with E-state index in [9.17, 15) is 0 Å². The molecule has 2 nitrogen and oxygen atoms in total. The molecule has 0 saturated carbocycles. The van der Waals surface area contributed by atoms with Crippen LogP contribution in [-0.4, -0.2) is 0 Å². The highest BCUT2D eigenvalue weighted by Gasteiger charge is 2.29. The maximum absolute atomic E-state index is 2.54. The Morgan fingerprint density at radius 3 is 1.61 bits per heavy atom. The van der Waals surface area contributed by atoms with Crippen molar-refractivity contribution in [2.24, 2.45) is 0 Å². The maximum Gasteiger partial charge on any atom is 0.0640 e. The van der Waals surface area contributed by atoms with Crippen LogP contribution in [-0.2, 0) is 10.8 Å². The zero-order valence-corrected chi connectivity index (χ0v) is 42.1. The minimum absolute atomic E-state index is 0.0816. The fraction of sp³-hybridized carbons (Fsp3) is 0.121. The average molecular weight is 939 g/mol. The Hall–Kier alpha value is -7.50. The normalized spacial score (nSPS) is 12.1. The molecule has 12 aromatic rings. The van der Waals surface area contributed by atoms with Crippen molar-refractivity contribution >= 4 is 108 Å². The Balaban J connectivity index is 1.21. The molecule has 0 saturated heterocycles. The fourth-order valence-electron chi connectivity index (χ4n) is 10.2. The van der Waals surface area contributed by atoms with E-state index in [1.165, 1.54) is 73.4 Å². The van der Waals surface area contributed by atoms with E-state index in [4.69, 9.17) is 0 Å². The summed E-state index contributed by atoms with van der Waals surface area (Å²) < 4.78 is 5.12. The monoisotopic (exact) mass is 938 g/mol. The molecular weight excluding hydrogens is 885 g/mol. The van der Waals surface area contributed by atoms with Crippen molar-refractivity contribution in [1.29, 1.82) is 0 Å². The summed E-state index contributed by atoms with van der Waals surface area (Å²) in [6, 6.07) is 81.5. The predicted octanol–water partition coefficient (Wildman–Crippen LogP) is 20.4. The Labute approximate surface area is 419 Å². The summed E-state index contributed by atoms with van der Waals surface area (Å²) in [5.41, 5.74) is 13.8. The summed E-state index contributed by atoms with van der Waals surface area (Å²) in [4.78, 5) is 5.06. The van der Waals surface area contributed by atoms with Crippen LogP contribution in [0.1, 0.15) is 52.7 Å². The third-order valence-electron chi connectivity index (χ3n) is 13.9. The zero-order valence-electron chi connectivity index (χ0n) is 40.5. The summed E-state index contributed by atoms with van der Waals surface area (Å²) in [6.45, 7) is 14.0. The molecule has 0 aliphatic rings. The van der Waals surface area contributed by atoms with Gasteiger partial charge in [-0.05, 0) is 134 Å². The van der Waals surface area contributed by atoms with Gasteiger partial charge in [0.15, 0.2) is 0 Å². The molecule has 0 atom stereocenters. The van der Waals surface area contributed by atoms with Gasteiger partial charge in [0.05, 0.1) is 21.8 Å². The molecule has 0 aliphatic heterocycles. The number of fused-ring (bicyclic) bond motifs is 7. The van der Waals surface area contributed by atoms with Crippen LogP contribution < -0.4 is 9.80 Å². The number of rotatable bonds is 8. The lowest BCUT2D eigenvalue weighted by Gasteiger charge is -2.35. The highest BCUT2D eigenvalue weighted by molar-refractivity contribution is 7.26. The second-order valence-corrected chi connectivity index (χ2v) is 22.8. The Morgan fingerprint density at radius 2 is 0.871 bits per heavy atom. The first kappa shape index (κ1) is 43.8. The van der Waals surface area contributed by atoms with Crippen LogP contribution in [0.5, 0.6) is 0 Å². The van der Waals surface area contributed by atoms with Crippen molar-refractivity contribution < 1.29 is 0 Å². The lowest BCUT2D eigenvalue weighted by Crippen LogP contribution is -2.20. The molecule has 70 heavy (non-hydrogen) atoms. The molecule has 0 unspecified atom stereocenters. The molecule has 0 aliphatic carbocycles. The third-order valence-corrected chi connectivity index (χ3v) is 16.2. The van der Waals surface area contributed by atoms with E-state index >= 15 is 0 Å². The topological polar surface area (TPSA) is 6.48 Å². The number of nitrogens with zero attached hydrogens (tertiary/aromatic N) is 2. The van der Waals surface area contributed by atoms with Crippen molar-refractivity contribution in [3.63, 3.8) is 0 Å². The third kappa shape index (κ3) is 7.82. The average Bonchev–Trinajstić information content (AvgIpc) is 3.94. The van der Waals surface area contributed by atoms with Crippen LogP contribution in [0.3, 0.4) is 0 Å². The number of para-hydroxylation sites is 1. The molecular formula is C66H54N2S2. The molecule has 2 heterocycles. The van der Waals surface area contributed by atoms with Crippen molar-refractivity contribution in [1.82, 2.24) is 0 Å². The van der Waals surface area contributed by atoms with Crippen LogP contribution in [0.4, 0.5) is 34.1 Å². The first-order valence-corrected chi connectivity index (χ1v) is 26.0. The summed E-state index contributed by atoms with van der Waals surface area (Å²) in [5, 5.41) is 7.62. The van der Waals surface area contributed by atoms with Gasteiger partial charge < -0.3 is 9.80 Å². The van der Waals surface area contributed by atoms with Gasteiger partial charge in [-0.1, -0.05) is 175 Å². The van der Waals surface area contributed by atoms with Gasteiger partial charge in [0.1, 0.15) is 0 Å². The first-order chi connectivity index (χ1) is 34.0. The zero-order chi connectivity index (χ0) is 47.7. The van der Waals surface area contributed by atoms with E-state index in [1.807, 2.05) is 22.7 Å². The van der Waals surface area contributed by atoms with Crippen LogP contribution in [0.2, 0.25) is 0 Å². The molecule has 0 spiro atoms. The lowest BCUT2D eigenvalue weighted by molar-refractivity contribution is 0.569. The second kappa shape index (κ2) is 17.2. The highest BCUT2D eigenvalue weighted by atomic mass is 32.1. The molecule has 4 heteroatoms. The number of hydrogen-bond acceptors (Lipinski definition) is 4. The SMILES string of the molecule is CC(C)(C)c1cc(N(c2ccccc2)c2cccc(N(c3cccc(-c4ccccc4)c3)c3cccc4c3sc3ccccc34)c2-c2ccc3sc4cc5ccccc5cc4c3c2)cc(C(C)(C)C)c1. The van der Waals surface area contributed by atoms with Crippen molar-refractivity contribution in [3.05, 3.63) is 230 Å². The Morgan fingerprint density at radius 1 is 0.314 bits per heavy atom. The van der Waals surface area contributed by atoms with Crippen molar-refractivity contribution in [3.8, 4) is 22.3 Å². The van der Waals surface area contributed by atoms with Crippen LogP contribution in [0, 0.1) is 0 Å². The highest BCUT2D eigenvalue weighted by Crippen LogP contribution is 2.53. The summed E-state index contributed by atoms with van der Waals surface area (Å²) in [6.07, 6.45) is 0. The quantitative estimate of drug-likeness (QED) is 0.150. The molecule has 10 aromatic carbocycles. The van der Waals surface area contributed by atoms with Gasteiger partial charge in [0, 0.05) is 58.3 Å². The van der Waals surface area contributed by atoms with Gasteiger partial charge in [-0.3, -0.25) is 0 Å². The molecule has 0 bridgehead atoms. The number of anilines is 6. The van der Waals surface area contributed by atoms with Crippen molar-refractivity contribution in [2.75, 3.05) is 9.80 Å². The van der Waals surface area contributed by atoms with E-state index in [0.29, 0.717) is 0 Å². The number of benzene rings is 10. The van der Waals surface area contributed by atoms with E-state index in [-0.39, 0.29) is 10.8 Å². The van der Waals surface area contributed by atoms with Crippen LogP contribution >= 0.6 is 22.7 Å². The summed E-state index contributed by atoms with van der Waals surface area (Å²) in [5.74, 6) is 0. The Bertz CT molecular complexity index is 3890. The van der Waals surface area contributed by atoms with Crippen LogP contribution in [0.15, 0.2) is 218 Å². The largest absolute Gasteiger partial charge is 0.310 e.